The lowest BCUT2D eigenvalue weighted by atomic mass is 10.0. The van der Waals surface area contributed by atoms with Gasteiger partial charge in [0.25, 0.3) is 0 Å². The van der Waals surface area contributed by atoms with Gasteiger partial charge in [0.05, 0.1) is 12.2 Å². The third-order valence-electron chi connectivity index (χ3n) is 6.01. The highest BCUT2D eigenvalue weighted by Gasteiger charge is 2.12. The van der Waals surface area contributed by atoms with E-state index in [-0.39, 0.29) is 23.4 Å². The van der Waals surface area contributed by atoms with Gasteiger partial charge >= 0.3 is 11.9 Å². The van der Waals surface area contributed by atoms with E-state index in [9.17, 15) is 19.5 Å². The van der Waals surface area contributed by atoms with E-state index in [1.807, 2.05) is 6.07 Å². The van der Waals surface area contributed by atoms with Crippen LogP contribution in [0.4, 0.5) is 0 Å². The lowest BCUT2D eigenvalue weighted by molar-refractivity contribution is -0.138. The van der Waals surface area contributed by atoms with E-state index in [0.717, 1.165) is 19.3 Å². The molecule has 5 nitrogen and oxygen atoms in total. The molecule has 1 N–H and O–H groups in total. The number of rotatable bonds is 20. The van der Waals surface area contributed by atoms with Crippen molar-refractivity contribution in [3.63, 3.8) is 0 Å². The minimum absolute atomic E-state index is 0.0232. The van der Waals surface area contributed by atoms with E-state index < -0.39 is 11.9 Å². The van der Waals surface area contributed by atoms with Crippen molar-refractivity contribution in [3.05, 3.63) is 59.2 Å². The molecule has 1 rings (SSSR count). The molecule has 194 valence electrons. The first-order valence-corrected chi connectivity index (χ1v) is 13.3. The molecule has 0 radical (unpaired) electrons. The average molecular weight is 485 g/mol. The third-order valence-corrected chi connectivity index (χ3v) is 6.01. The molecule has 0 aliphatic carbocycles. The zero-order valence-electron chi connectivity index (χ0n) is 21.7. The van der Waals surface area contributed by atoms with Gasteiger partial charge in [-0.15, -0.1) is 0 Å². The molecule has 0 atom stereocenters. The molecule has 35 heavy (non-hydrogen) atoms. The Morgan fingerprint density at radius 3 is 1.91 bits per heavy atom. The zero-order valence-corrected chi connectivity index (χ0v) is 21.7. The normalized spacial score (nSPS) is 11.9. The second-order valence-electron chi connectivity index (χ2n) is 9.14. The van der Waals surface area contributed by atoms with Gasteiger partial charge in [0.15, 0.2) is 5.78 Å². The minimum atomic E-state index is -1.09. The van der Waals surface area contributed by atoms with Crippen LogP contribution in [-0.2, 0) is 14.3 Å². The standard InChI is InChI=1S/C30H44O5/c1-3-4-5-6-7-8-9-10-11-12-13-17-23-35-30(34)27(24-25(2)29(32)33)21-18-22-28(31)26-19-15-14-16-20-26/h14-16,19-21,24H,3-13,17-18,22-23H2,1-2H3,(H,32,33). The van der Waals surface area contributed by atoms with Crippen molar-refractivity contribution in [2.75, 3.05) is 6.61 Å². The number of carboxylic acids is 1. The van der Waals surface area contributed by atoms with Gasteiger partial charge in [0.2, 0.25) is 0 Å². The quantitative estimate of drug-likeness (QED) is 0.0670. The fourth-order valence-corrected chi connectivity index (χ4v) is 3.81. The molecule has 0 saturated carbocycles. The number of ether oxygens (including phenoxy) is 1. The van der Waals surface area contributed by atoms with Crippen LogP contribution in [0.5, 0.6) is 0 Å². The van der Waals surface area contributed by atoms with E-state index in [4.69, 9.17) is 4.74 Å². The van der Waals surface area contributed by atoms with Gasteiger partial charge in [-0.3, -0.25) is 4.79 Å². The summed E-state index contributed by atoms with van der Waals surface area (Å²) in [7, 11) is 0. The molecule has 0 fully saturated rings. The van der Waals surface area contributed by atoms with Gasteiger partial charge in [0, 0.05) is 17.6 Å². The molecule has 0 unspecified atom stereocenters. The Balaban J connectivity index is 2.34. The summed E-state index contributed by atoms with van der Waals surface area (Å²) in [6, 6.07) is 8.97. The average Bonchev–Trinajstić information content (AvgIpc) is 2.86. The van der Waals surface area contributed by atoms with Crippen molar-refractivity contribution in [1.82, 2.24) is 0 Å². The molecule has 0 aromatic heterocycles. The number of aliphatic carboxylic acids is 1. The van der Waals surface area contributed by atoms with E-state index in [1.165, 1.54) is 70.8 Å². The maximum atomic E-state index is 12.5. The lowest BCUT2D eigenvalue weighted by Gasteiger charge is -2.07. The highest BCUT2D eigenvalue weighted by Crippen LogP contribution is 2.14. The van der Waals surface area contributed by atoms with Crippen molar-refractivity contribution < 1.29 is 24.2 Å². The van der Waals surface area contributed by atoms with Crippen LogP contribution in [0.25, 0.3) is 0 Å². The van der Waals surface area contributed by atoms with Crippen molar-refractivity contribution in [1.29, 1.82) is 0 Å². The number of allylic oxidation sites excluding steroid dienone is 1. The van der Waals surface area contributed by atoms with Gasteiger partial charge in [-0.05, 0) is 25.8 Å². The molecule has 0 spiro atoms. The Kier molecular flexibility index (Phi) is 17.0. The Morgan fingerprint density at radius 1 is 0.829 bits per heavy atom. The van der Waals surface area contributed by atoms with Gasteiger partial charge in [-0.2, -0.15) is 0 Å². The summed E-state index contributed by atoms with van der Waals surface area (Å²) in [6.07, 6.45) is 18.3. The molecular formula is C30H44O5. The zero-order chi connectivity index (χ0) is 25.7. The van der Waals surface area contributed by atoms with Crippen LogP contribution in [0, 0.1) is 0 Å². The fourth-order valence-electron chi connectivity index (χ4n) is 3.81. The van der Waals surface area contributed by atoms with Gasteiger partial charge in [0.1, 0.15) is 0 Å². The molecule has 0 heterocycles. The summed E-state index contributed by atoms with van der Waals surface area (Å²) >= 11 is 0. The van der Waals surface area contributed by atoms with Crippen LogP contribution < -0.4 is 0 Å². The van der Waals surface area contributed by atoms with Crippen LogP contribution in [-0.4, -0.2) is 29.4 Å². The predicted molar refractivity (Wildman–Crippen MR) is 142 cm³/mol. The summed E-state index contributed by atoms with van der Waals surface area (Å²) in [5, 5.41) is 9.17. The van der Waals surface area contributed by atoms with Crippen LogP contribution in [0.15, 0.2) is 53.6 Å². The van der Waals surface area contributed by atoms with Crippen LogP contribution >= 0.6 is 0 Å². The van der Waals surface area contributed by atoms with E-state index in [2.05, 4.69) is 6.92 Å². The summed E-state index contributed by atoms with van der Waals surface area (Å²) in [4.78, 5) is 36.0. The second-order valence-corrected chi connectivity index (χ2v) is 9.14. The Morgan fingerprint density at radius 2 is 1.37 bits per heavy atom. The van der Waals surface area contributed by atoms with Crippen molar-refractivity contribution >= 4 is 17.7 Å². The highest BCUT2D eigenvalue weighted by molar-refractivity contribution is 5.97. The second kappa shape index (κ2) is 19.6. The molecular weight excluding hydrogens is 440 g/mol. The topological polar surface area (TPSA) is 80.7 Å². The summed E-state index contributed by atoms with van der Waals surface area (Å²) < 4.78 is 5.39. The number of carbonyl (C=O) groups is 3. The van der Waals surface area contributed by atoms with E-state index >= 15 is 0 Å². The van der Waals surface area contributed by atoms with E-state index in [1.54, 1.807) is 30.3 Å². The Hall–Kier alpha value is -2.69. The molecule has 0 saturated heterocycles. The van der Waals surface area contributed by atoms with Crippen LogP contribution in [0.1, 0.15) is 114 Å². The van der Waals surface area contributed by atoms with Gasteiger partial charge in [-0.25, -0.2) is 9.59 Å². The van der Waals surface area contributed by atoms with Crippen molar-refractivity contribution in [3.8, 4) is 0 Å². The molecule has 1 aromatic rings. The molecule has 0 aliphatic heterocycles. The summed E-state index contributed by atoms with van der Waals surface area (Å²) in [5.41, 5.74) is 0.854. The fraction of sp³-hybridized carbons (Fsp3) is 0.567. The number of benzene rings is 1. The number of esters is 1. The van der Waals surface area contributed by atoms with Crippen LogP contribution in [0.3, 0.4) is 0 Å². The molecule has 1 aromatic carbocycles. The third kappa shape index (κ3) is 15.0. The van der Waals surface area contributed by atoms with Gasteiger partial charge in [-0.1, -0.05) is 114 Å². The first-order valence-electron chi connectivity index (χ1n) is 13.3. The number of ketones is 1. The smallest absolute Gasteiger partial charge is 0.337 e. The maximum Gasteiger partial charge on any atom is 0.337 e. The molecule has 0 amide bonds. The number of Topliss-reactive ketones (excluding diaryl/α,β-unsaturated/α-hetero) is 1. The monoisotopic (exact) mass is 484 g/mol. The largest absolute Gasteiger partial charge is 0.478 e. The number of hydrogen-bond acceptors (Lipinski definition) is 4. The molecule has 5 heteroatoms. The van der Waals surface area contributed by atoms with Crippen LogP contribution in [0.2, 0.25) is 0 Å². The number of hydrogen-bond donors (Lipinski definition) is 1. The SMILES string of the molecule is CCCCCCCCCCCCCCOC(=O)C(C=C(C)C(=O)O)=CCCC(=O)c1ccccc1. The number of carboxylic acid groups (broad SMARTS) is 1. The molecule has 0 bridgehead atoms. The van der Waals surface area contributed by atoms with Crippen molar-refractivity contribution in [2.45, 2.75) is 104 Å². The first-order chi connectivity index (χ1) is 17.0. The van der Waals surface area contributed by atoms with Crippen molar-refractivity contribution in [2.24, 2.45) is 0 Å². The van der Waals surface area contributed by atoms with Gasteiger partial charge < -0.3 is 9.84 Å². The lowest BCUT2D eigenvalue weighted by Crippen LogP contribution is -2.10. The Bertz CT molecular complexity index is 807. The molecule has 0 aliphatic rings. The van der Waals surface area contributed by atoms with E-state index in [0.29, 0.717) is 18.6 Å². The predicted octanol–water partition coefficient (Wildman–Crippen LogP) is 7.85. The summed E-state index contributed by atoms with van der Waals surface area (Å²) in [6.45, 7) is 3.99. The number of carbonyl (C=O) groups excluding carboxylic acids is 2. The first kappa shape index (κ1) is 30.3. The Labute approximate surface area is 211 Å². The maximum absolute atomic E-state index is 12.5. The highest BCUT2D eigenvalue weighted by atomic mass is 16.5. The number of unbranched alkanes of at least 4 members (excludes halogenated alkanes) is 11. The summed E-state index contributed by atoms with van der Waals surface area (Å²) in [5.74, 6) is -1.66. The minimum Gasteiger partial charge on any atom is -0.478 e.